The first-order chi connectivity index (χ1) is 10.6. The SMILES string of the molecule is O=C(Cc1c[nH]c2ccccc12)NCc1cccc(Cl)c1Cl. The van der Waals surface area contributed by atoms with Crippen LogP contribution in [0.1, 0.15) is 11.1 Å². The van der Waals surface area contributed by atoms with Gasteiger partial charge in [-0.15, -0.1) is 0 Å². The molecule has 1 aromatic heterocycles. The Labute approximate surface area is 138 Å². The number of H-pyrrole nitrogens is 1. The number of aromatic nitrogens is 1. The van der Waals surface area contributed by atoms with Crippen molar-refractivity contribution >= 4 is 40.0 Å². The summed E-state index contributed by atoms with van der Waals surface area (Å²) in [5, 5.41) is 4.92. The van der Waals surface area contributed by atoms with Crippen LogP contribution >= 0.6 is 23.2 Å². The molecule has 3 aromatic rings. The normalized spacial score (nSPS) is 10.8. The average Bonchev–Trinajstić information content (AvgIpc) is 2.92. The number of hydrogen-bond acceptors (Lipinski definition) is 1. The number of nitrogens with one attached hydrogen (secondary N) is 2. The summed E-state index contributed by atoms with van der Waals surface area (Å²) in [4.78, 5) is 15.3. The van der Waals surface area contributed by atoms with Gasteiger partial charge >= 0.3 is 0 Å². The van der Waals surface area contributed by atoms with Gasteiger partial charge in [-0.1, -0.05) is 53.5 Å². The third-order valence-electron chi connectivity index (χ3n) is 3.53. The summed E-state index contributed by atoms with van der Waals surface area (Å²) in [7, 11) is 0. The Morgan fingerprint density at radius 3 is 2.73 bits per heavy atom. The molecule has 2 N–H and O–H groups in total. The third-order valence-corrected chi connectivity index (χ3v) is 4.39. The highest BCUT2D eigenvalue weighted by Gasteiger charge is 2.10. The summed E-state index contributed by atoms with van der Waals surface area (Å²) in [5.74, 6) is -0.0548. The highest BCUT2D eigenvalue weighted by molar-refractivity contribution is 6.42. The van der Waals surface area contributed by atoms with E-state index in [2.05, 4.69) is 10.3 Å². The molecular weight excluding hydrogens is 319 g/mol. The zero-order valence-corrected chi connectivity index (χ0v) is 13.2. The molecule has 5 heteroatoms. The lowest BCUT2D eigenvalue weighted by atomic mass is 10.1. The topological polar surface area (TPSA) is 44.9 Å². The van der Waals surface area contributed by atoms with Crippen LogP contribution < -0.4 is 5.32 Å². The van der Waals surface area contributed by atoms with Crippen LogP contribution in [-0.2, 0) is 17.8 Å². The van der Waals surface area contributed by atoms with E-state index in [1.54, 1.807) is 6.07 Å². The van der Waals surface area contributed by atoms with Gasteiger partial charge in [0, 0.05) is 23.6 Å². The Kier molecular flexibility index (Phi) is 4.36. The van der Waals surface area contributed by atoms with Crippen molar-refractivity contribution < 1.29 is 4.79 Å². The molecule has 22 heavy (non-hydrogen) atoms. The second-order valence-electron chi connectivity index (χ2n) is 5.03. The fraction of sp³-hybridized carbons (Fsp3) is 0.118. The molecule has 0 fully saturated rings. The van der Waals surface area contributed by atoms with Crippen LogP contribution in [0.25, 0.3) is 10.9 Å². The van der Waals surface area contributed by atoms with Gasteiger partial charge in [0.05, 0.1) is 16.5 Å². The molecule has 1 heterocycles. The van der Waals surface area contributed by atoms with E-state index in [-0.39, 0.29) is 5.91 Å². The molecule has 0 saturated heterocycles. The van der Waals surface area contributed by atoms with Gasteiger partial charge in [0.25, 0.3) is 0 Å². The fourth-order valence-corrected chi connectivity index (χ4v) is 2.78. The Morgan fingerprint density at radius 2 is 1.86 bits per heavy atom. The first kappa shape index (κ1) is 14.9. The molecule has 3 nitrogen and oxygen atoms in total. The average molecular weight is 333 g/mol. The molecule has 2 aromatic carbocycles. The molecule has 0 aliphatic heterocycles. The van der Waals surface area contributed by atoms with Crippen LogP contribution in [0, 0.1) is 0 Å². The highest BCUT2D eigenvalue weighted by atomic mass is 35.5. The summed E-state index contributed by atoms with van der Waals surface area (Å²) in [6.45, 7) is 0.362. The minimum atomic E-state index is -0.0548. The second-order valence-corrected chi connectivity index (χ2v) is 5.81. The zero-order chi connectivity index (χ0) is 15.5. The number of rotatable bonds is 4. The maximum absolute atomic E-state index is 12.1. The number of carbonyl (C=O) groups excluding carboxylic acids is 1. The number of halogens is 2. The van der Waals surface area contributed by atoms with Crippen molar-refractivity contribution in [2.75, 3.05) is 0 Å². The van der Waals surface area contributed by atoms with Crippen LogP contribution in [0.5, 0.6) is 0 Å². The van der Waals surface area contributed by atoms with Gasteiger partial charge in [-0.3, -0.25) is 4.79 Å². The monoisotopic (exact) mass is 332 g/mol. The maximum atomic E-state index is 12.1. The minimum Gasteiger partial charge on any atom is -0.361 e. The van der Waals surface area contributed by atoms with Crippen LogP contribution in [0.4, 0.5) is 0 Å². The van der Waals surface area contributed by atoms with Crippen molar-refractivity contribution in [3.05, 3.63) is 69.8 Å². The van der Waals surface area contributed by atoms with E-state index in [9.17, 15) is 4.79 Å². The zero-order valence-electron chi connectivity index (χ0n) is 11.7. The number of benzene rings is 2. The minimum absolute atomic E-state index is 0.0548. The molecule has 0 unspecified atom stereocenters. The van der Waals surface area contributed by atoms with Crippen LogP contribution in [0.15, 0.2) is 48.7 Å². The Hall–Kier alpha value is -1.97. The predicted molar refractivity (Wildman–Crippen MR) is 90.3 cm³/mol. The molecule has 0 saturated carbocycles. The highest BCUT2D eigenvalue weighted by Crippen LogP contribution is 2.25. The van der Waals surface area contributed by atoms with Gasteiger partial charge in [0.1, 0.15) is 0 Å². The van der Waals surface area contributed by atoms with E-state index >= 15 is 0 Å². The van der Waals surface area contributed by atoms with Crippen molar-refractivity contribution in [1.29, 1.82) is 0 Å². The Morgan fingerprint density at radius 1 is 1.05 bits per heavy atom. The van der Waals surface area contributed by atoms with Gasteiger partial charge in [-0.25, -0.2) is 0 Å². The Balaban J connectivity index is 1.67. The molecule has 0 spiro atoms. The lowest BCUT2D eigenvalue weighted by Gasteiger charge is -2.07. The van der Waals surface area contributed by atoms with Crippen LogP contribution in [0.2, 0.25) is 10.0 Å². The summed E-state index contributed by atoms with van der Waals surface area (Å²) in [5.41, 5.74) is 2.81. The lowest BCUT2D eigenvalue weighted by molar-refractivity contribution is -0.120. The number of para-hydroxylation sites is 1. The van der Waals surface area contributed by atoms with E-state index in [0.29, 0.717) is 23.0 Å². The second kappa shape index (κ2) is 6.42. The van der Waals surface area contributed by atoms with Gasteiger partial charge in [0.15, 0.2) is 0 Å². The van der Waals surface area contributed by atoms with Crippen molar-refractivity contribution in [1.82, 2.24) is 10.3 Å². The van der Waals surface area contributed by atoms with Gasteiger partial charge in [-0.05, 0) is 23.3 Å². The van der Waals surface area contributed by atoms with E-state index in [1.165, 1.54) is 0 Å². The van der Waals surface area contributed by atoms with Crippen molar-refractivity contribution in [3.63, 3.8) is 0 Å². The summed E-state index contributed by atoms with van der Waals surface area (Å²) in [6.07, 6.45) is 2.19. The van der Waals surface area contributed by atoms with E-state index in [0.717, 1.165) is 22.0 Å². The smallest absolute Gasteiger partial charge is 0.224 e. The predicted octanol–water partition coefficient (Wildman–Crippen LogP) is 4.33. The molecule has 112 valence electrons. The molecule has 0 aliphatic carbocycles. The van der Waals surface area contributed by atoms with Gasteiger partial charge < -0.3 is 10.3 Å². The summed E-state index contributed by atoms with van der Waals surface area (Å²) >= 11 is 12.1. The molecule has 1 amide bonds. The number of carbonyl (C=O) groups is 1. The van der Waals surface area contributed by atoms with Crippen molar-refractivity contribution in [2.24, 2.45) is 0 Å². The fourth-order valence-electron chi connectivity index (χ4n) is 2.39. The van der Waals surface area contributed by atoms with Crippen LogP contribution in [-0.4, -0.2) is 10.9 Å². The van der Waals surface area contributed by atoms with Gasteiger partial charge in [-0.2, -0.15) is 0 Å². The molecule has 0 aliphatic rings. The lowest BCUT2D eigenvalue weighted by Crippen LogP contribution is -2.24. The van der Waals surface area contributed by atoms with Crippen LogP contribution in [0.3, 0.4) is 0 Å². The third kappa shape index (κ3) is 3.11. The molecule has 3 rings (SSSR count). The van der Waals surface area contributed by atoms with Crippen molar-refractivity contribution in [2.45, 2.75) is 13.0 Å². The van der Waals surface area contributed by atoms with Crippen molar-refractivity contribution in [3.8, 4) is 0 Å². The quantitative estimate of drug-likeness (QED) is 0.733. The molecule has 0 radical (unpaired) electrons. The number of amides is 1. The molecular formula is C17H14Cl2N2O. The van der Waals surface area contributed by atoms with Gasteiger partial charge in [0.2, 0.25) is 5.91 Å². The number of fused-ring (bicyclic) bond motifs is 1. The molecule has 0 atom stereocenters. The van der Waals surface area contributed by atoms with E-state index < -0.39 is 0 Å². The number of hydrogen-bond donors (Lipinski definition) is 2. The first-order valence-electron chi connectivity index (χ1n) is 6.90. The number of aromatic amines is 1. The summed E-state index contributed by atoms with van der Waals surface area (Å²) in [6, 6.07) is 13.3. The first-order valence-corrected chi connectivity index (χ1v) is 7.65. The maximum Gasteiger partial charge on any atom is 0.224 e. The standard InChI is InChI=1S/C17H14Cl2N2O/c18-14-6-3-4-11(17(14)19)9-21-16(22)8-12-10-20-15-7-2-1-5-13(12)15/h1-7,10,20H,8-9H2,(H,21,22). The summed E-state index contributed by atoms with van der Waals surface area (Å²) < 4.78 is 0. The Bertz CT molecular complexity index is 826. The molecule has 0 bridgehead atoms. The largest absolute Gasteiger partial charge is 0.361 e. The van der Waals surface area contributed by atoms with E-state index in [1.807, 2.05) is 42.6 Å². The van der Waals surface area contributed by atoms with E-state index in [4.69, 9.17) is 23.2 Å².